The molecule has 0 radical (unpaired) electrons. The number of fused-ring (bicyclic) bond motifs is 1. The second-order valence-corrected chi connectivity index (χ2v) is 9.22. The van der Waals surface area contributed by atoms with Crippen LogP contribution in [0.1, 0.15) is 16.1 Å². The number of thiazole rings is 1. The Bertz CT molecular complexity index is 1460. The van der Waals surface area contributed by atoms with Gasteiger partial charge >= 0.3 is 0 Å². The summed E-state index contributed by atoms with van der Waals surface area (Å²) in [6, 6.07) is 9.03. The molecule has 35 heavy (non-hydrogen) atoms. The molecule has 0 saturated carbocycles. The van der Waals surface area contributed by atoms with Gasteiger partial charge in [-0.15, -0.1) is 0 Å². The summed E-state index contributed by atoms with van der Waals surface area (Å²) in [7, 11) is 1.53. The molecule has 0 bridgehead atoms. The van der Waals surface area contributed by atoms with Crippen LogP contribution in [0.5, 0.6) is 5.75 Å². The van der Waals surface area contributed by atoms with Crippen LogP contribution in [0.2, 0.25) is 5.15 Å². The molecular formula is C24H20ClN5O4S. The van der Waals surface area contributed by atoms with Gasteiger partial charge in [-0.25, -0.2) is 9.97 Å². The van der Waals surface area contributed by atoms with Crippen LogP contribution in [0.3, 0.4) is 0 Å². The van der Waals surface area contributed by atoms with Gasteiger partial charge in [0.2, 0.25) is 0 Å². The van der Waals surface area contributed by atoms with E-state index in [0.717, 1.165) is 21.6 Å². The van der Waals surface area contributed by atoms with Crippen molar-refractivity contribution in [3.8, 4) is 16.9 Å². The van der Waals surface area contributed by atoms with Gasteiger partial charge in [0.05, 0.1) is 35.7 Å². The average Bonchev–Trinajstić information content (AvgIpc) is 3.25. The van der Waals surface area contributed by atoms with Crippen molar-refractivity contribution >= 4 is 55.8 Å². The minimum absolute atomic E-state index is 0.0719. The van der Waals surface area contributed by atoms with Crippen molar-refractivity contribution in [2.45, 2.75) is 6.92 Å². The smallest absolute Gasteiger partial charge is 0.259 e. The Balaban J connectivity index is 1.46. The number of ether oxygens (including phenoxy) is 2. The monoisotopic (exact) mass is 509 g/mol. The molecule has 3 aromatic heterocycles. The number of methoxy groups -OCH3 is 1. The summed E-state index contributed by atoms with van der Waals surface area (Å²) in [5.41, 5.74) is 3.82. The van der Waals surface area contributed by atoms with Crippen LogP contribution in [0.25, 0.3) is 21.3 Å². The van der Waals surface area contributed by atoms with E-state index in [1.165, 1.54) is 30.8 Å². The van der Waals surface area contributed by atoms with Gasteiger partial charge in [0.1, 0.15) is 17.5 Å². The molecule has 9 nitrogen and oxygen atoms in total. The summed E-state index contributed by atoms with van der Waals surface area (Å²) < 4.78 is 11.5. The molecule has 4 aromatic rings. The first-order valence-electron chi connectivity index (χ1n) is 10.7. The van der Waals surface area contributed by atoms with Crippen molar-refractivity contribution in [2.24, 2.45) is 0 Å². The maximum Gasteiger partial charge on any atom is 0.259 e. The Kier molecular flexibility index (Phi) is 6.33. The highest BCUT2D eigenvalue weighted by Gasteiger charge is 2.22. The lowest BCUT2D eigenvalue weighted by molar-refractivity contribution is -0.125. The number of halogens is 1. The number of morpholine rings is 1. The average molecular weight is 510 g/mol. The van der Waals surface area contributed by atoms with Crippen molar-refractivity contribution in [3.63, 3.8) is 0 Å². The zero-order valence-electron chi connectivity index (χ0n) is 18.9. The Morgan fingerprint density at radius 1 is 1.20 bits per heavy atom. The molecule has 1 aromatic carbocycles. The van der Waals surface area contributed by atoms with Gasteiger partial charge in [0.15, 0.2) is 5.13 Å². The molecule has 178 valence electrons. The van der Waals surface area contributed by atoms with Crippen LogP contribution in [-0.4, -0.2) is 53.6 Å². The fraction of sp³-hybridized carbons (Fsp3) is 0.208. The predicted octanol–water partition coefficient (Wildman–Crippen LogP) is 4.34. The van der Waals surface area contributed by atoms with E-state index in [1.54, 1.807) is 17.0 Å². The zero-order valence-corrected chi connectivity index (χ0v) is 20.4. The zero-order chi connectivity index (χ0) is 24.5. The lowest BCUT2D eigenvalue weighted by atomic mass is 10.0. The Morgan fingerprint density at radius 3 is 2.86 bits per heavy atom. The van der Waals surface area contributed by atoms with Crippen molar-refractivity contribution in [1.82, 2.24) is 15.0 Å². The first-order valence-corrected chi connectivity index (χ1v) is 11.9. The molecule has 2 amide bonds. The lowest BCUT2D eigenvalue weighted by Crippen LogP contribution is -2.41. The van der Waals surface area contributed by atoms with Gasteiger partial charge in [-0.3, -0.25) is 19.9 Å². The van der Waals surface area contributed by atoms with Crippen molar-refractivity contribution < 1.29 is 19.1 Å². The Hall–Kier alpha value is -3.60. The summed E-state index contributed by atoms with van der Waals surface area (Å²) in [6.07, 6.45) is 3.03. The SMILES string of the molecule is COc1cnc(Cl)cc1-c1cc(C)ncc1C(=O)Nc1nc2ccc(N3CCOCC3=O)cc2s1. The molecule has 5 rings (SSSR count). The van der Waals surface area contributed by atoms with E-state index in [9.17, 15) is 9.59 Å². The molecule has 4 heterocycles. The highest BCUT2D eigenvalue weighted by Crippen LogP contribution is 2.35. The summed E-state index contributed by atoms with van der Waals surface area (Å²) in [6.45, 7) is 2.90. The number of carbonyl (C=O) groups excluding carboxylic acids is 2. The van der Waals surface area contributed by atoms with Crippen LogP contribution in [0.15, 0.2) is 42.7 Å². The van der Waals surface area contributed by atoms with E-state index in [0.29, 0.717) is 40.7 Å². The van der Waals surface area contributed by atoms with Gasteiger partial charge in [-0.05, 0) is 37.3 Å². The van der Waals surface area contributed by atoms with Crippen LogP contribution in [0.4, 0.5) is 10.8 Å². The Morgan fingerprint density at radius 2 is 2.06 bits per heavy atom. The quantitative estimate of drug-likeness (QED) is 0.399. The third-order valence-electron chi connectivity index (χ3n) is 5.52. The van der Waals surface area contributed by atoms with Gasteiger partial charge in [-0.2, -0.15) is 0 Å². The number of amides is 2. The molecular weight excluding hydrogens is 490 g/mol. The summed E-state index contributed by atoms with van der Waals surface area (Å²) in [4.78, 5) is 40.1. The number of aryl methyl sites for hydroxylation is 1. The summed E-state index contributed by atoms with van der Waals surface area (Å²) >= 11 is 7.45. The summed E-state index contributed by atoms with van der Waals surface area (Å²) in [5.74, 6) is 0.0315. The largest absolute Gasteiger partial charge is 0.494 e. The number of hydrogen-bond donors (Lipinski definition) is 1. The van der Waals surface area contributed by atoms with E-state index >= 15 is 0 Å². The van der Waals surface area contributed by atoms with Gasteiger partial charge in [0, 0.05) is 35.2 Å². The van der Waals surface area contributed by atoms with Crippen LogP contribution in [-0.2, 0) is 9.53 Å². The summed E-state index contributed by atoms with van der Waals surface area (Å²) in [5, 5.41) is 3.59. The van der Waals surface area contributed by atoms with E-state index in [2.05, 4.69) is 20.3 Å². The number of pyridine rings is 2. The number of nitrogens with zero attached hydrogens (tertiary/aromatic N) is 4. The highest BCUT2D eigenvalue weighted by atomic mass is 35.5. The first-order chi connectivity index (χ1) is 16.9. The maximum atomic E-state index is 13.3. The molecule has 0 aliphatic carbocycles. The van der Waals surface area contributed by atoms with Gasteiger partial charge in [-0.1, -0.05) is 22.9 Å². The van der Waals surface area contributed by atoms with Crippen LogP contribution in [0, 0.1) is 6.92 Å². The molecule has 0 spiro atoms. The molecule has 11 heteroatoms. The predicted molar refractivity (Wildman–Crippen MR) is 135 cm³/mol. The maximum absolute atomic E-state index is 13.3. The Labute approximate surface area is 209 Å². The number of hydrogen-bond acceptors (Lipinski definition) is 8. The number of nitrogens with one attached hydrogen (secondary N) is 1. The molecule has 0 unspecified atom stereocenters. The number of benzene rings is 1. The second-order valence-electron chi connectivity index (χ2n) is 7.80. The number of aromatic nitrogens is 3. The van der Waals surface area contributed by atoms with Gasteiger partial charge < -0.3 is 14.4 Å². The van der Waals surface area contributed by atoms with Gasteiger partial charge in [0.25, 0.3) is 11.8 Å². The molecule has 1 aliphatic rings. The highest BCUT2D eigenvalue weighted by molar-refractivity contribution is 7.22. The molecule has 1 N–H and O–H groups in total. The fourth-order valence-electron chi connectivity index (χ4n) is 3.84. The number of rotatable bonds is 5. The number of anilines is 2. The minimum Gasteiger partial charge on any atom is -0.494 e. The third-order valence-corrected chi connectivity index (χ3v) is 6.66. The van der Waals surface area contributed by atoms with Crippen LogP contribution >= 0.6 is 22.9 Å². The fourth-order valence-corrected chi connectivity index (χ4v) is 4.90. The van der Waals surface area contributed by atoms with Crippen LogP contribution < -0.4 is 15.0 Å². The lowest BCUT2D eigenvalue weighted by Gasteiger charge is -2.26. The molecule has 1 fully saturated rings. The van der Waals surface area contributed by atoms with E-state index in [4.69, 9.17) is 21.1 Å². The molecule has 1 aliphatic heterocycles. The molecule has 0 atom stereocenters. The number of carbonyl (C=O) groups is 2. The molecule has 1 saturated heterocycles. The van der Waals surface area contributed by atoms with E-state index < -0.39 is 0 Å². The normalized spacial score (nSPS) is 13.8. The first kappa shape index (κ1) is 23.2. The second kappa shape index (κ2) is 9.57. The van der Waals surface area contributed by atoms with E-state index in [-0.39, 0.29) is 23.6 Å². The van der Waals surface area contributed by atoms with E-state index in [1.807, 2.05) is 25.1 Å². The standard InChI is InChI=1S/C24H20ClN5O4S/c1-13-7-15(16-9-21(25)27-11-19(16)33-2)17(10-26-13)23(32)29-24-28-18-4-3-14(8-20(18)35-24)30-5-6-34-12-22(30)31/h3-4,7-11H,5-6,12H2,1-2H3,(H,28,29,32). The topological polar surface area (TPSA) is 107 Å². The minimum atomic E-state index is -0.370. The third kappa shape index (κ3) is 4.68. The van der Waals surface area contributed by atoms with Crippen molar-refractivity contribution in [1.29, 1.82) is 0 Å². The van der Waals surface area contributed by atoms with Crippen molar-refractivity contribution in [2.75, 3.05) is 37.1 Å². The van der Waals surface area contributed by atoms with Crippen molar-refractivity contribution in [3.05, 3.63) is 59.1 Å².